The van der Waals surface area contributed by atoms with Gasteiger partial charge < -0.3 is 10.1 Å². The van der Waals surface area contributed by atoms with Crippen molar-refractivity contribution in [3.63, 3.8) is 0 Å². The van der Waals surface area contributed by atoms with Gasteiger partial charge in [-0.2, -0.15) is 0 Å². The third kappa shape index (κ3) is 2.94. The summed E-state index contributed by atoms with van der Waals surface area (Å²) >= 11 is 0. The predicted octanol–water partition coefficient (Wildman–Crippen LogP) is 1.03. The quantitative estimate of drug-likeness (QED) is 0.611. The maximum atomic E-state index is 10.9. The molecular formula is C10H12N2O4. The minimum Gasteiger partial charge on any atom is -0.484 e. The number of amides is 1. The van der Waals surface area contributed by atoms with Gasteiger partial charge in [-0.1, -0.05) is 0 Å². The van der Waals surface area contributed by atoms with E-state index < -0.39 is 4.92 Å². The van der Waals surface area contributed by atoms with Crippen molar-refractivity contribution in [1.82, 2.24) is 5.32 Å². The average Bonchev–Trinajstić information content (AvgIpc) is 2.27. The lowest BCUT2D eigenvalue weighted by atomic mass is 10.2. The molecule has 0 radical (unpaired) electrons. The van der Waals surface area contributed by atoms with E-state index in [4.69, 9.17) is 4.74 Å². The molecule has 1 aromatic rings. The van der Waals surface area contributed by atoms with Gasteiger partial charge in [-0.05, 0) is 19.1 Å². The molecule has 0 heterocycles. The van der Waals surface area contributed by atoms with Gasteiger partial charge in [-0.3, -0.25) is 14.9 Å². The Labute approximate surface area is 92.4 Å². The van der Waals surface area contributed by atoms with E-state index >= 15 is 0 Å². The fourth-order valence-corrected chi connectivity index (χ4v) is 1.10. The second-order valence-corrected chi connectivity index (χ2v) is 3.17. The standard InChI is InChI=1S/C10H12N2O4/c1-7-3-4-8(5-9(7)12(14)15)16-6-10(13)11-2/h3-5H,6H2,1-2H3,(H,11,13). The van der Waals surface area contributed by atoms with Gasteiger partial charge in [0.1, 0.15) is 5.75 Å². The van der Waals surface area contributed by atoms with Crippen molar-refractivity contribution >= 4 is 11.6 Å². The zero-order valence-corrected chi connectivity index (χ0v) is 9.02. The van der Waals surface area contributed by atoms with Crippen LogP contribution in [0.5, 0.6) is 5.75 Å². The van der Waals surface area contributed by atoms with E-state index in [-0.39, 0.29) is 18.2 Å². The lowest BCUT2D eigenvalue weighted by Gasteiger charge is -2.05. The molecule has 0 saturated carbocycles. The molecule has 0 aliphatic carbocycles. The highest BCUT2D eigenvalue weighted by molar-refractivity contribution is 5.77. The summed E-state index contributed by atoms with van der Waals surface area (Å²) in [6, 6.07) is 4.47. The monoisotopic (exact) mass is 224 g/mol. The number of likely N-dealkylation sites (N-methyl/N-ethyl adjacent to an activating group) is 1. The van der Waals surface area contributed by atoms with Crippen LogP contribution in [0.3, 0.4) is 0 Å². The molecule has 16 heavy (non-hydrogen) atoms. The number of nitro benzene ring substituents is 1. The Hall–Kier alpha value is -2.11. The molecule has 6 nitrogen and oxygen atoms in total. The lowest BCUT2D eigenvalue weighted by molar-refractivity contribution is -0.385. The Kier molecular flexibility index (Phi) is 3.82. The van der Waals surface area contributed by atoms with Crippen molar-refractivity contribution < 1.29 is 14.5 Å². The summed E-state index contributed by atoms with van der Waals surface area (Å²) in [4.78, 5) is 21.1. The topological polar surface area (TPSA) is 81.5 Å². The first kappa shape index (κ1) is 12.0. The summed E-state index contributed by atoms with van der Waals surface area (Å²) in [6.07, 6.45) is 0. The number of carbonyl (C=O) groups excluding carboxylic acids is 1. The average molecular weight is 224 g/mol. The molecule has 1 rings (SSSR count). The number of benzene rings is 1. The smallest absolute Gasteiger partial charge is 0.276 e. The Balaban J connectivity index is 2.79. The third-order valence-electron chi connectivity index (χ3n) is 2.03. The predicted molar refractivity (Wildman–Crippen MR) is 57.4 cm³/mol. The fraction of sp³-hybridized carbons (Fsp3) is 0.300. The van der Waals surface area contributed by atoms with E-state index in [1.165, 1.54) is 13.1 Å². The number of nitrogens with one attached hydrogen (secondary N) is 1. The molecule has 1 aromatic carbocycles. The molecule has 0 saturated heterocycles. The Morgan fingerprint density at radius 1 is 1.56 bits per heavy atom. The second-order valence-electron chi connectivity index (χ2n) is 3.17. The van der Waals surface area contributed by atoms with Crippen molar-refractivity contribution in [2.24, 2.45) is 0 Å². The molecule has 0 atom stereocenters. The number of ether oxygens (including phenoxy) is 1. The maximum Gasteiger partial charge on any atom is 0.276 e. The Morgan fingerprint density at radius 2 is 2.25 bits per heavy atom. The summed E-state index contributed by atoms with van der Waals surface area (Å²) < 4.78 is 5.09. The van der Waals surface area contributed by atoms with Crippen molar-refractivity contribution in [2.45, 2.75) is 6.92 Å². The molecule has 0 aromatic heterocycles. The zero-order valence-electron chi connectivity index (χ0n) is 9.02. The minimum atomic E-state index is -0.484. The SMILES string of the molecule is CNC(=O)COc1ccc(C)c([N+](=O)[O-])c1. The lowest BCUT2D eigenvalue weighted by Crippen LogP contribution is -2.24. The van der Waals surface area contributed by atoms with Gasteiger partial charge in [-0.15, -0.1) is 0 Å². The summed E-state index contributed by atoms with van der Waals surface area (Å²) in [5, 5.41) is 13.0. The highest BCUT2D eigenvalue weighted by atomic mass is 16.6. The Bertz CT molecular complexity index is 417. The number of nitro groups is 1. The minimum absolute atomic E-state index is 0.0191. The molecule has 1 N–H and O–H groups in total. The van der Waals surface area contributed by atoms with E-state index in [9.17, 15) is 14.9 Å². The van der Waals surface area contributed by atoms with Gasteiger partial charge in [0.05, 0.1) is 11.0 Å². The molecule has 0 aliphatic heterocycles. The van der Waals surface area contributed by atoms with Gasteiger partial charge >= 0.3 is 0 Å². The molecule has 0 fully saturated rings. The summed E-state index contributed by atoms with van der Waals surface area (Å²) in [6.45, 7) is 1.48. The van der Waals surface area contributed by atoms with E-state index in [1.54, 1.807) is 19.1 Å². The van der Waals surface area contributed by atoms with Crippen LogP contribution < -0.4 is 10.1 Å². The fourth-order valence-electron chi connectivity index (χ4n) is 1.10. The highest BCUT2D eigenvalue weighted by Gasteiger charge is 2.11. The first-order valence-electron chi connectivity index (χ1n) is 4.63. The second kappa shape index (κ2) is 5.11. The van der Waals surface area contributed by atoms with Crippen LogP contribution in [0.4, 0.5) is 5.69 Å². The van der Waals surface area contributed by atoms with Gasteiger partial charge in [0, 0.05) is 12.6 Å². The number of rotatable bonds is 4. The van der Waals surface area contributed by atoms with Crippen LogP contribution in [-0.2, 0) is 4.79 Å². The van der Waals surface area contributed by atoms with Gasteiger partial charge in [0.25, 0.3) is 11.6 Å². The largest absolute Gasteiger partial charge is 0.484 e. The van der Waals surface area contributed by atoms with Gasteiger partial charge in [0.15, 0.2) is 6.61 Å². The van der Waals surface area contributed by atoms with Crippen LogP contribution in [0.2, 0.25) is 0 Å². The van der Waals surface area contributed by atoms with Crippen molar-refractivity contribution in [3.8, 4) is 5.75 Å². The normalized spacial score (nSPS) is 9.62. The van der Waals surface area contributed by atoms with Crippen molar-refractivity contribution in [2.75, 3.05) is 13.7 Å². The summed E-state index contributed by atoms with van der Waals surface area (Å²) in [7, 11) is 1.49. The van der Waals surface area contributed by atoms with Crippen LogP contribution in [0, 0.1) is 17.0 Å². The van der Waals surface area contributed by atoms with E-state index in [1.807, 2.05) is 0 Å². The molecule has 0 bridgehead atoms. The van der Waals surface area contributed by atoms with Crippen LogP contribution in [0.15, 0.2) is 18.2 Å². The molecule has 1 amide bonds. The van der Waals surface area contributed by atoms with E-state index in [0.29, 0.717) is 11.3 Å². The number of aryl methyl sites for hydroxylation is 1. The molecule has 0 aliphatic rings. The van der Waals surface area contributed by atoms with Crippen LogP contribution in [0.25, 0.3) is 0 Å². The van der Waals surface area contributed by atoms with Crippen LogP contribution in [-0.4, -0.2) is 24.5 Å². The number of nitrogens with zero attached hydrogens (tertiary/aromatic N) is 1. The number of hydrogen-bond acceptors (Lipinski definition) is 4. The first-order chi connectivity index (χ1) is 7.54. The number of hydrogen-bond donors (Lipinski definition) is 1. The van der Waals surface area contributed by atoms with Crippen LogP contribution in [0.1, 0.15) is 5.56 Å². The highest BCUT2D eigenvalue weighted by Crippen LogP contribution is 2.23. The first-order valence-corrected chi connectivity index (χ1v) is 4.63. The van der Waals surface area contributed by atoms with E-state index in [2.05, 4.69) is 5.32 Å². The number of carbonyl (C=O) groups is 1. The Morgan fingerprint density at radius 3 is 2.81 bits per heavy atom. The zero-order chi connectivity index (χ0) is 12.1. The van der Waals surface area contributed by atoms with Gasteiger partial charge in [0.2, 0.25) is 0 Å². The summed E-state index contributed by atoms with van der Waals surface area (Å²) in [5.41, 5.74) is 0.534. The third-order valence-corrected chi connectivity index (χ3v) is 2.03. The molecule has 6 heteroatoms. The molecular weight excluding hydrogens is 212 g/mol. The van der Waals surface area contributed by atoms with Crippen molar-refractivity contribution in [1.29, 1.82) is 0 Å². The summed E-state index contributed by atoms with van der Waals surface area (Å²) in [5.74, 6) is 0.0177. The van der Waals surface area contributed by atoms with E-state index in [0.717, 1.165) is 0 Å². The molecule has 86 valence electrons. The van der Waals surface area contributed by atoms with Crippen molar-refractivity contribution in [3.05, 3.63) is 33.9 Å². The van der Waals surface area contributed by atoms with Gasteiger partial charge in [-0.25, -0.2) is 0 Å². The maximum absolute atomic E-state index is 10.9. The molecule has 0 unspecified atom stereocenters. The molecule has 0 spiro atoms. The van der Waals surface area contributed by atoms with Crippen LogP contribution >= 0.6 is 0 Å².